The first-order chi connectivity index (χ1) is 14.5. The Bertz CT molecular complexity index is 1050. The summed E-state index contributed by atoms with van der Waals surface area (Å²) in [7, 11) is -3.76. The number of rotatable bonds is 9. The maximum atomic E-state index is 13.3. The summed E-state index contributed by atoms with van der Waals surface area (Å²) in [5.74, 6) is -0.838. The highest BCUT2D eigenvalue weighted by Gasteiger charge is 2.30. The number of benzene rings is 2. The summed E-state index contributed by atoms with van der Waals surface area (Å²) in [4.78, 5) is 27.1. The van der Waals surface area contributed by atoms with E-state index in [1.807, 2.05) is 0 Å². The van der Waals surface area contributed by atoms with Gasteiger partial charge in [-0.25, -0.2) is 8.42 Å². The average Bonchev–Trinajstić information content (AvgIpc) is 2.69. The quantitative estimate of drug-likeness (QED) is 0.538. The SMILES string of the molecule is CCNC(=O)C(C)N(Cc1cccc(Cl)c1)C(=O)CN(c1cccc(Br)c1)S(C)(=O)=O. The van der Waals surface area contributed by atoms with Gasteiger partial charge >= 0.3 is 0 Å². The molecule has 168 valence electrons. The number of amides is 2. The summed E-state index contributed by atoms with van der Waals surface area (Å²) in [6.07, 6.45) is 1.04. The second-order valence-corrected chi connectivity index (χ2v) is 10.2. The molecule has 0 saturated heterocycles. The highest BCUT2D eigenvalue weighted by Crippen LogP contribution is 2.23. The van der Waals surface area contributed by atoms with Gasteiger partial charge in [-0.2, -0.15) is 0 Å². The number of likely N-dealkylation sites (N-methyl/N-ethyl adjacent to an activating group) is 1. The number of sulfonamides is 1. The van der Waals surface area contributed by atoms with Crippen LogP contribution in [0.15, 0.2) is 53.0 Å². The van der Waals surface area contributed by atoms with Gasteiger partial charge in [0.05, 0.1) is 11.9 Å². The Labute approximate surface area is 196 Å². The summed E-state index contributed by atoms with van der Waals surface area (Å²) < 4.78 is 26.6. The fourth-order valence-corrected chi connectivity index (χ4v) is 4.42. The van der Waals surface area contributed by atoms with Gasteiger partial charge in [0.25, 0.3) is 0 Å². The van der Waals surface area contributed by atoms with Gasteiger partial charge in [-0.1, -0.05) is 45.7 Å². The number of hydrogen-bond acceptors (Lipinski definition) is 4. The Hall–Kier alpha value is -2.10. The molecule has 0 spiro atoms. The number of nitrogens with zero attached hydrogens (tertiary/aromatic N) is 2. The number of carbonyl (C=O) groups is 2. The van der Waals surface area contributed by atoms with Crippen LogP contribution in [0.4, 0.5) is 5.69 Å². The van der Waals surface area contributed by atoms with Crippen molar-refractivity contribution in [3.63, 3.8) is 0 Å². The van der Waals surface area contributed by atoms with Crippen LogP contribution in [0.3, 0.4) is 0 Å². The van der Waals surface area contributed by atoms with E-state index in [0.717, 1.165) is 16.1 Å². The lowest BCUT2D eigenvalue weighted by molar-refractivity contribution is -0.139. The minimum Gasteiger partial charge on any atom is -0.355 e. The zero-order valence-electron chi connectivity index (χ0n) is 17.5. The van der Waals surface area contributed by atoms with Crippen LogP contribution in [-0.4, -0.2) is 50.5 Å². The summed E-state index contributed by atoms with van der Waals surface area (Å²) in [6.45, 7) is 3.47. The minimum absolute atomic E-state index is 0.105. The van der Waals surface area contributed by atoms with Crippen molar-refractivity contribution in [2.24, 2.45) is 0 Å². The van der Waals surface area contributed by atoms with Crippen LogP contribution >= 0.6 is 27.5 Å². The van der Waals surface area contributed by atoms with Gasteiger partial charge in [0.2, 0.25) is 21.8 Å². The molecule has 1 atom stereocenters. The van der Waals surface area contributed by atoms with E-state index >= 15 is 0 Å². The molecule has 2 aromatic carbocycles. The Kier molecular flexibility index (Phi) is 8.90. The summed E-state index contributed by atoms with van der Waals surface area (Å²) in [5, 5.41) is 3.21. The van der Waals surface area contributed by atoms with Crippen molar-refractivity contribution < 1.29 is 18.0 Å². The first-order valence-electron chi connectivity index (χ1n) is 9.57. The maximum absolute atomic E-state index is 13.3. The van der Waals surface area contributed by atoms with E-state index in [-0.39, 0.29) is 12.5 Å². The van der Waals surface area contributed by atoms with E-state index < -0.39 is 28.5 Å². The third-order valence-electron chi connectivity index (χ3n) is 4.54. The highest BCUT2D eigenvalue weighted by molar-refractivity contribution is 9.10. The van der Waals surface area contributed by atoms with Crippen LogP contribution in [-0.2, 0) is 26.2 Å². The molecule has 1 N–H and O–H groups in total. The molecule has 0 aliphatic carbocycles. The molecule has 0 fully saturated rings. The molecule has 0 bridgehead atoms. The number of halogens is 2. The lowest BCUT2D eigenvalue weighted by atomic mass is 10.1. The summed E-state index contributed by atoms with van der Waals surface area (Å²) in [5.41, 5.74) is 1.07. The van der Waals surface area contributed by atoms with Gasteiger partial charge in [0, 0.05) is 22.6 Å². The molecule has 31 heavy (non-hydrogen) atoms. The molecule has 0 aromatic heterocycles. The third-order valence-corrected chi connectivity index (χ3v) is 6.40. The molecule has 10 heteroatoms. The molecule has 0 aliphatic rings. The smallest absolute Gasteiger partial charge is 0.244 e. The molecule has 0 saturated carbocycles. The second kappa shape index (κ2) is 11.0. The van der Waals surface area contributed by atoms with Crippen molar-refractivity contribution in [2.75, 3.05) is 23.7 Å². The number of anilines is 1. The van der Waals surface area contributed by atoms with Crippen LogP contribution in [0.25, 0.3) is 0 Å². The normalized spacial score (nSPS) is 12.2. The van der Waals surface area contributed by atoms with Crippen molar-refractivity contribution in [3.8, 4) is 0 Å². The zero-order chi connectivity index (χ0) is 23.2. The van der Waals surface area contributed by atoms with Crippen molar-refractivity contribution in [1.82, 2.24) is 10.2 Å². The number of nitrogens with one attached hydrogen (secondary N) is 1. The van der Waals surface area contributed by atoms with Crippen molar-refractivity contribution in [1.29, 1.82) is 0 Å². The Morgan fingerprint density at radius 2 is 1.84 bits per heavy atom. The van der Waals surface area contributed by atoms with Gasteiger partial charge in [-0.05, 0) is 49.7 Å². The van der Waals surface area contributed by atoms with Gasteiger partial charge in [-0.3, -0.25) is 13.9 Å². The summed E-state index contributed by atoms with van der Waals surface area (Å²) in [6, 6.07) is 12.8. The van der Waals surface area contributed by atoms with Crippen LogP contribution in [0.1, 0.15) is 19.4 Å². The van der Waals surface area contributed by atoms with E-state index in [1.165, 1.54) is 4.90 Å². The molecule has 0 heterocycles. The monoisotopic (exact) mass is 529 g/mol. The fourth-order valence-electron chi connectivity index (χ4n) is 2.98. The highest BCUT2D eigenvalue weighted by atomic mass is 79.9. The molecule has 2 amide bonds. The van der Waals surface area contributed by atoms with Gasteiger partial charge in [-0.15, -0.1) is 0 Å². The van der Waals surface area contributed by atoms with E-state index in [9.17, 15) is 18.0 Å². The van der Waals surface area contributed by atoms with Crippen LogP contribution in [0.2, 0.25) is 5.02 Å². The van der Waals surface area contributed by atoms with Crippen molar-refractivity contribution in [2.45, 2.75) is 26.4 Å². The third kappa shape index (κ3) is 7.22. The molecule has 0 aliphatic heterocycles. The van der Waals surface area contributed by atoms with E-state index in [0.29, 0.717) is 21.7 Å². The van der Waals surface area contributed by atoms with E-state index in [1.54, 1.807) is 62.4 Å². The van der Waals surface area contributed by atoms with Gasteiger partial charge in [0.15, 0.2) is 0 Å². The standard InChI is InChI=1S/C21H25BrClN3O4S/c1-4-24-21(28)15(2)25(13-16-7-5-9-18(23)11-16)20(27)14-26(31(3,29)30)19-10-6-8-17(22)12-19/h5-12,15H,4,13-14H2,1-3H3,(H,24,28). The predicted octanol–water partition coefficient (Wildman–Crippen LogP) is 3.42. The Morgan fingerprint density at radius 1 is 1.16 bits per heavy atom. The number of carbonyl (C=O) groups excluding carboxylic acids is 2. The van der Waals surface area contributed by atoms with Crippen LogP contribution in [0.5, 0.6) is 0 Å². The van der Waals surface area contributed by atoms with E-state index in [2.05, 4.69) is 21.2 Å². The van der Waals surface area contributed by atoms with Gasteiger partial charge in [0.1, 0.15) is 12.6 Å². The molecular formula is C21H25BrClN3O4S. The molecule has 1 unspecified atom stereocenters. The lowest BCUT2D eigenvalue weighted by Crippen LogP contribution is -2.51. The first kappa shape index (κ1) is 25.2. The molecule has 2 aromatic rings. The molecular weight excluding hydrogens is 506 g/mol. The molecule has 0 radical (unpaired) electrons. The zero-order valence-corrected chi connectivity index (χ0v) is 20.7. The predicted molar refractivity (Wildman–Crippen MR) is 126 cm³/mol. The Balaban J connectivity index is 2.38. The molecule has 7 nitrogen and oxygen atoms in total. The topological polar surface area (TPSA) is 86.8 Å². The fraction of sp³-hybridized carbons (Fsp3) is 0.333. The average molecular weight is 531 g/mol. The van der Waals surface area contributed by atoms with Crippen LogP contribution < -0.4 is 9.62 Å². The van der Waals surface area contributed by atoms with Crippen molar-refractivity contribution >= 4 is 55.1 Å². The Morgan fingerprint density at radius 3 is 2.42 bits per heavy atom. The maximum Gasteiger partial charge on any atom is 0.244 e. The van der Waals surface area contributed by atoms with Gasteiger partial charge < -0.3 is 10.2 Å². The van der Waals surface area contributed by atoms with Crippen molar-refractivity contribution in [3.05, 3.63) is 63.6 Å². The van der Waals surface area contributed by atoms with E-state index in [4.69, 9.17) is 11.6 Å². The largest absolute Gasteiger partial charge is 0.355 e. The molecule has 2 rings (SSSR count). The minimum atomic E-state index is -3.76. The second-order valence-electron chi connectivity index (χ2n) is 6.97. The first-order valence-corrected chi connectivity index (χ1v) is 12.6. The summed E-state index contributed by atoms with van der Waals surface area (Å²) >= 11 is 9.38. The van der Waals surface area contributed by atoms with Crippen LogP contribution in [0, 0.1) is 0 Å². The number of hydrogen-bond donors (Lipinski definition) is 1. The lowest BCUT2D eigenvalue weighted by Gasteiger charge is -2.31.